The summed E-state index contributed by atoms with van der Waals surface area (Å²) in [6.45, 7) is 0.981. The van der Waals surface area contributed by atoms with Gasteiger partial charge < -0.3 is 15.5 Å². The second-order valence-corrected chi connectivity index (χ2v) is 8.92. The molecule has 7 nitrogen and oxygen atoms in total. The fourth-order valence-electron chi connectivity index (χ4n) is 3.50. The van der Waals surface area contributed by atoms with Crippen molar-refractivity contribution >= 4 is 27.3 Å². The van der Waals surface area contributed by atoms with Crippen LogP contribution in [0.15, 0.2) is 17.0 Å². The number of likely N-dealkylation sites (tertiary alicyclic amines) is 1. The molecule has 0 saturated carbocycles. The lowest BCUT2D eigenvalue weighted by Crippen LogP contribution is -2.55. The summed E-state index contributed by atoms with van der Waals surface area (Å²) < 4.78 is 51.5. The van der Waals surface area contributed by atoms with Crippen molar-refractivity contribution < 1.29 is 26.8 Å². The Kier molecular flexibility index (Phi) is 5.36. The molecule has 2 atom stereocenters. The molecule has 2 saturated heterocycles. The molecule has 2 aliphatic heterocycles. The summed E-state index contributed by atoms with van der Waals surface area (Å²) in [5.41, 5.74) is -0.524. The highest BCUT2D eigenvalue weighted by atomic mass is 32.2. The first-order chi connectivity index (χ1) is 12.7. The summed E-state index contributed by atoms with van der Waals surface area (Å²) in [5.74, 6) is -2.58. The normalized spacial score (nSPS) is 23.9. The molecule has 2 N–H and O–H groups in total. The van der Waals surface area contributed by atoms with Crippen molar-refractivity contribution in [1.29, 1.82) is 0 Å². The van der Waals surface area contributed by atoms with Crippen LogP contribution in [0, 0.1) is 11.6 Å². The molecule has 148 valence electrons. The van der Waals surface area contributed by atoms with Gasteiger partial charge in [0.25, 0.3) is 0 Å². The lowest BCUT2D eigenvalue weighted by molar-refractivity contribution is -0.139. The van der Waals surface area contributed by atoms with Crippen LogP contribution in [0.2, 0.25) is 0 Å². The van der Waals surface area contributed by atoms with Crippen LogP contribution >= 0.6 is 0 Å². The summed E-state index contributed by atoms with van der Waals surface area (Å²) in [4.78, 5) is 25.5. The van der Waals surface area contributed by atoms with Crippen LogP contribution in [0.4, 0.5) is 14.5 Å². The number of nitrogens with one attached hydrogen (secondary N) is 2. The first-order valence-corrected chi connectivity index (χ1v) is 10.6. The molecule has 0 aromatic heterocycles. The number of nitrogens with zero attached hydrogens (tertiary/aromatic N) is 1. The molecular weight excluding hydrogens is 380 g/mol. The maximum absolute atomic E-state index is 14.3. The summed E-state index contributed by atoms with van der Waals surface area (Å²) in [7, 11) is -3.76. The van der Waals surface area contributed by atoms with E-state index in [-0.39, 0.29) is 24.3 Å². The van der Waals surface area contributed by atoms with Crippen molar-refractivity contribution in [3.05, 3.63) is 23.8 Å². The molecule has 27 heavy (non-hydrogen) atoms. The van der Waals surface area contributed by atoms with Crippen molar-refractivity contribution in [2.24, 2.45) is 0 Å². The number of sulfone groups is 1. The fraction of sp³-hybridized carbons (Fsp3) is 0.529. The zero-order valence-corrected chi connectivity index (χ0v) is 15.6. The van der Waals surface area contributed by atoms with Gasteiger partial charge in [-0.05, 0) is 31.4 Å². The Balaban J connectivity index is 1.79. The quantitative estimate of drug-likeness (QED) is 0.786. The van der Waals surface area contributed by atoms with Crippen LogP contribution in [-0.2, 0) is 19.4 Å². The molecule has 0 spiro atoms. The zero-order chi connectivity index (χ0) is 19.8. The summed E-state index contributed by atoms with van der Waals surface area (Å²) in [6.07, 6.45) is 2.73. The molecule has 1 aromatic rings. The van der Waals surface area contributed by atoms with Crippen LogP contribution < -0.4 is 10.6 Å². The van der Waals surface area contributed by atoms with Crippen LogP contribution in [0.25, 0.3) is 0 Å². The lowest BCUT2D eigenvalue weighted by Gasteiger charge is -2.39. The number of amides is 2. The monoisotopic (exact) mass is 401 g/mol. The molecule has 2 fully saturated rings. The van der Waals surface area contributed by atoms with Crippen molar-refractivity contribution in [3.63, 3.8) is 0 Å². The Morgan fingerprint density at radius 1 is 1.19 bits per heavy atom. The Morgan fingerprint density at radius 2 is 1.85 bits per heavy atom. The first-order valence-electron chi connectivity index (χ1n) is 8.69. The van der Waals surface area contributed by atoms with E-state index < -0.39 is 38.1 Å². The molecule has 2 heterocycles. The second kappa shape index (κ2) is 7.41. The second-order valence-electron chi connectivity index (χ2n) is 6.90. The number of carbonyl (C=O) groups excluding carboxylic acids is 2. The van der Waals surface area contributed by atoms with Gasteiger partial charge in [-0.2, -0.15) is 0 Å². The average Bonchev–Trinajstić information content (AvgIpc) is 2.58. The lowest BCUT2D eigenvalue weighted by atomic mass is 9.97. The molecule has 0 bridgehead atoms. The van der Waals surface area contributed by atoms with E-state index in [1.54, 1.807) is 4.90 Å². The Hall–Kier alpha value is -2.23. The third-order valence-corrected chi connectivity index (χ3v) is 5.99. The predicted octanol–water partition coefficient (Wildman–Crippen LogP) is 1.05. The number of hydrogen-bond donors (Lipinski definition) is 2. The van der Waals surface area contributed by atoms with Gasteiger partial charge in [0.1, 0.15) is 11.7 Å². The molecule has 2 amide bonds. The van der Waals surface area contributed by atoms with Gasteiger partial charge in [0.15, 0.2) is 21.5 Å². The molecule has 1 unspecified atom stereocenters. The predicted molar refractivity (Wildman–Crippen MR) is 93.9 cm³/mol. The maximum Gasteiger partial charge on any atom is 0.245 e. The van der Waals surface area contributed by atoms with Crippen molar-refractivity contribution in [3.8, 4) is 0 Å². The highest BCUT2D eigenvalue weighted by molar-refractivity contribution is 7.90. The van der Waals surface area contributed by atoms with Gasteiger partial charge in [-0.25, -0.2) is 17.2 Å². The SMILES string of the molecule is CS(=O)(=O)c1cc(F)c(NC2CCCN([C@H]3CCNC(=O)C3)C2=O)c(F)c1. The summed E-state index contributed by atoms with van der Waals surface area (Å²) in [6, 6.07) is 0.407. The Morgan fingerprint density at radius 3 is 2.44 bits per heavy atom. The van der Waals surface area contributed by atoms with Crippen LogP contribution in [0.3, 0.4) is 0 Å². The van der Waals surface area contributed by atoms with Crippen LogP contribution in [-0.4, -0.2) is 56.6 Å². The van der Waals surface area contributed by atoms with Crippen molar-refractivity contribution in [1.82, 2.24) is 10.2 Å². The molecule has 2 aliphatic rings. The number of halogens is 2. The Bertz CT molecular complexity index is 852. The standard InChI is InChI=1S/C17H21F2N3O4S/c1-27(25,26)11-8-12(18)16(13(19)9-11)21-14-3-2-6-22(17(14)24)10-4-5-20-15(23)7-10/h8-10,14,21H,2-7H2,1H3,(H,20,23)/t10-,14?/m0/s1. The van der Waals surface area contributed by atoms with Crippen LogP contribution in [0.1, 0.15) is 25.7 Å². The molecule has 0 aliphatic carbocycles. The van der Waals surface area contributed by atoms with Gasteiger partial charge in [0, 0.05) is 31.8 Å². The molecule has 0 radical (unpaired) electrons. The number of piperidine rings is 2. The highest BCUT2D eigenvalue weighted by Gasteiger charge is 2.36. The minimum atomic E-state index is -3.76. The molecule has 3 rings (SSSR count). The molecule has 10 heteroatoms. The largest absolute Gasteiger partial charge is 0.369 e. The van der Waals surface area contributed by atoms with Gasteiger partial charge in [-0.15, -0.1) is 0 Å². The first kappa shape index (κ1) is 19.5. The minimum Gasteiger partial charge on any atom is -0.369 e. The number of anilines is 1. The van der Waals surface area contributed by atoms with E-state index in [4.69, 9.17) is 0 Å². The third kappa shape index (κ3) is 4.20. The number of hydrogen-bond acceptors (Lipinski definition) is 5. The van der Waals surface area contributed by atoms with E-state index >= 15 is 0 Å². The van der Waals surface area contributed by atoms with Crippen molar-refractivity contribution in [2.75, 3.05) is 24.7 Å². The molecule has 1 aromatic carbocycles. The Labute approximate surface area is 156 Å². The van der Waals surface area contributed by atoms with E-state index in [9.17, 15) is 26.8 Å². The van der Waals surface area contributed by atoms with E-state index in [0.717, 1.165) is 18.4 Å². The smallest absolute Gasteiger partial charge is 0.245 e. The summed E-state index contributed by atoms with van der Waals surface area (Å²) >= 11 is 0. The summed E-state index contributed by atoms with van der Waals surface area (Å²) in [5, 5.41) is 5.30. The zero-order valence-electron chi connectivity index (χ0n) is 14.8. The number of benzene rings is 1. The van der Waals surface area contributed by atoms with E-state index in [1.165, 1.54) is 0 Å². The highest BCUT2D eigenvalue weighted by Crippen LogP contribution is 2.27. The minimum absolute atomic E-state index is 0.123. The van der Waals surface area contributed by atoms with Gasteiger partial charge in [-0.3, -0.25) is 9.59 Å². The topological polar surface area (TPSA) is 95.6 Å². The molecular formula is C17H21F2N3O4S. The van der Waals surface area contributed by atoms with E-state index in [2.05, 4.69) is 10.6 Å². The number of carbonyl (C=O) groups is 2. The fourth-order valence-corrected chi connectivity index (χ4v) is 4.14. The van der Waals surface area contributed by atoms with Crippen LogP contribution in [0.5, 0.6) is 0 Å². The van der Waals surface area contributed by atoms with E-state index in [1.807, 2.05) is 0 Å². The number of rotatable bonds is 4. The van der Waals surface area contributed by atoms with Gasteiger partial charge in [-0.1, -0.05) is 0 Å². The van der Waals surface area contributed by atoms with E-state index in [0.29, 0.717) is 32.4 Å². The van der Waals surface area contributed by atoms with Crippen molar-refractivity contribution in [2.45, 2.75) is 42.7 Å². The van der Waals surface area contributed by atoms with Gasteiger partial charge >= 0.3 is 0 Å². The van der Waals surface area contributed by atoms with Gasteiger partial charge in [0.2, 0.25) is 11.8 Å². The average molecular weight is 401 g/mol. The van der Waals surface area contributed by atoms with Gasteiger partial charge in [0.05, 0.1) is 4.90 Å². The third-order valence-electron chi connectivity index (χ3n) is 4.90. The maximum atomic E-state index is 14.3.